The van der Waals surface area contributed by atoms with Gasteiger partial charge in [-0.2, -0.15) is 18.3 Å². The van der Waals surface area contributed by atoms with Crippen LogP contribution in [-0.2, 0) is 6.18 Å². The van der Waals surface area contributed by atoms with Crippen LogP contribution in [0.4, 0.5) is 35.3 Å². The molecule has 0 spiro atoms. The summed E-state index contributed by atoms with van der Waals surface area (Å²) in [5, 5.41) is 11.6. The summed E-state index contributed by atoms with van der Waals surface area (Å²) in [5.74, 6) is -0.389. The van der Waals surface area contributed by atoms with Gasteiger partial charge in [-0.1, -0.05) is 18.2 Å². The van der Waals surface area contributed by atoms with Crippen molar-refractivity contribution in [3.63, 3.8) is 0 Å². The van der Waals surface area contributed by atoms with Gasteiger partial charge < -0.3 is 16.4 Å². The van der Waals surface area contributed by atoms with E-state index in [0.717, 1.165) is 12.1 Å². The number of carbonyl (C=O) groups excluding carboxylic acids is 2. The summed E-state index contributed by atoms with van der Waals surface area (Å²) in [6, 6.07) is 8.86. The molecule has 10 nitrogen and oxygen atoms in total. The third-order valence-electron chi connectivity index (χ3n) is 4.90. The number of halogens is 3. The number of amides is 3. The second-order valence-corrected chi connectivity index (χ2v) is 7.28. The zero-order valence-electron chi connectivity index (χ0n) is 18.2. The zero-order valence-corrected chi connectivity index (χ0v) is 18.2. The number of rotatable bonds is 5. The summed E-state index contributed by atoms with van der Waals surface area (Å²) in [7, 11) is 0. The molecule has 0 bridgehead atoms. The van der Waals surface area contributed by atoms with E-state index in [1.807, 2.05) is 0 Å². The fourth-order valence-corrected chi connectivity index (χ4v) is 3.42. The van der Waals surface area contributed by atoms with E-state index in [1.54, 1.807) is 37.4 Å². The van der Waals surface area contributed by atoms with Gasteiger partial charge in [-0.05, 0) is 36.8 Å². The molecule has 0 atom stereocenters. The molecular weight excluding hydrogens is 465 g/mol. The van der Waals surface area contributed by atoms with Crippen molar-refractivity contribution < 1.29 is 22.8 Å². The van der Waals surface area contributed by atoms with Crippen molar-refractivity contribution in [2.75, 3.05) is 22.9 Å². The lowest BCUT2D eigenvalue weighted by Gasteiger charge is -2.11. The summed E-state index contributed by atoms with van der Waals surface area (Å²) in [6.45, 7) is 2.21. The van der Waals surface area contributed by atoms with Crippen LogP contribution in [0, 0.1) is 0 Å². The molecule has 0 aliphatic heterocycles. The molecule has 4 aromatic rings. The maximum atomic E-state index is 12.8. The molecule has 0 saturated heterocycles. The Morgan fingerprint density at radius 2 is 1.83 bits per heavy atom. The number of nitrogens with one attached hydrogen (secondary N) is 3. The second kappa shape index (κ2) is 9.29. The Labute approximate surface area is 196 Å². The van der Waals surface area contributed by atoms with Crippen LogP contribution in [0.2, 0.25) is 0 Å². The molecule has 0 fully saturated rings. The Morgan fingerprint density at radius 1 is 1.09 bits per heavy atom. The van der Waals surface area contributed by atoms with Gasteiger partial charge in [0, 0.05) is 24.0 Å². The third kappa shape index (κ3) is 4.98. The van der Waals surface area contributed by atoms with Crippen LogP contribution in [-0.4, -0.2) is 38.1 Å². The maximum absolute atomic E-state index is 12.8. The number of pyridine rings is 1. The molecule has 3 aromatic heterocycles. The molecular formula is C22H19F3N8O2. The predicted molar refractivity (Wildman–Crippen MR) is 123 cm³/mol. The van der Waals surface area contributed by atoms with Gasteiger partial charge in [0.2, 0.25) is 0 Å². The highest BCUT2D eigenvalue weighted by Crippen LogP contribution is 2.33. The summed E-state index contributed by atoms with van der Waals surface area (Å²) in [4.78, 5) is 32.3. The Kier molecular flexibility index (Phi) is 6.23. The van der Waals surface area contributed by atoms with E-state index in [2.05, 4.69) is 31.0 Å². The highest BCUT2D eigenvalue weighted by atomic mass is 19.4. The Balaban J connectivity index is 1.57. The minimum Gasteiger partial charge on any atom is -0.382 e. The van der Waals surface area contributed by atoms with Crippen LogP contribution in [0.15, 0.2) is 55.0 Å². The van der Waals surface area contributed by atoms with Crippen LogP contribution < -0.4 is 21.7 Å². The number of alkyl halides is 3. The van der Waals surface area contributed by atoms with E-state index in [9.17, 15) is 22.8 Å². The molecule has 0 radical (unpaired) electrons. The molecule has 4 rings (SSSR count). The molecule has 180 valence electrons. The Hall–Kier alpha value is -4.68. The van der Waals surface area contributed by atoms with Crippen LogP contribution in [0.5, 0.6) is 0 Å². The van der Waals surface area contributed by atoms with E-state index in [0.29, 0.717) is 34.4 Å². The molecule has 0 aliphatic rings. The molecule has 0 aliphatic carbocycles. The maximum Gasteiger partial charge on any atom is 0.433 e. The first kappa shape index (κ1) is 23.5. The van der Waals surface area contributed by atoms with E-state index in [4.69, 9.17) is 5.73 Å². The molecule has 0 unspecified atom stereocenters. The van der Waals surface area contributed by atoms with Gasteiger partial charge in [-0.15, -0.1) is 0 Å². The van der Waals surface area contributed by atoms with Gasteiger partial charge >= 0.3 is 12.2 Å². The normalized spacial score (nSPS) is 11.3. The summed E-state index contributed by atoms with van der Waals surface area (Å²) >= 11 is 0. The number of anilines is 3. The number of nitrogens with two attached hydrogens (primary N) is 1. The van der Waals surface area contributed by atoms with Crippen LogP contribution >= 0.6 is 0 Å². The monoisotopic (exact) mass is 484 g/mol. The molecule has 0 saturated carbocycles. The summed E-state index contributed by atoms with van der Waals surface area (Å²) in [5.41, 5.74) is 7.19. The topological polar surface area (TPSA) is 139 Å². The van der Waals surface area contributed by atoms with Crippen LogP contribution in [0.25, 0.3) is 16.6 Å². The smallest absolute Gasteiger partial charge is 0.382 e. The summed E-state index contributed by atoms with van der Waals surface area (Å²) < 4.78 is 39.9. The Morgan fingerprint density at radius 3 is 2.51 bits per heavy atom. The fraction of sp³-hybridized carbons (Fsp3) is 0.136. The van der Waals surface area contributed by atoms with E-state index < -0.39 is 17.9 Å². The van der Waals surface area contributed by atoms with Crippen molar-refractivity contribution in [3.05, 3.63) is 66.2 Å². The predicted octanol–water partition coefficient (Wildman–Crippen LogP) is 3.79. The molecule has 1 aromatic carbocycles. The minimum absolute atomic E-state index is 0.181. The number of urea groups is 1. The van der Waals surface area contributed by atoms with Gasteiger partial charge in [0.1, 0.15) is 23.4 Å². The highest BCUT2D eigenvalue weighted by molar-refractivity contribution is 6.07. The quantitative estimate of drug-likeness (QED) is 0.340. The van der Waals surface area contributed by atoms with Crippen molar-refractivity contribution >= 4 is 34.8 Å². The molecule has 3 heterocycles. The van der Waals surface area contributed by atoms with Gasteiger partial charge in [0.25, 0.3) is 5.91 Å². The molecule has 35 heavy (non-hydrogen) atoms. The van der Waals surface area contributed by atoms with Crippen LogP contribution in [0.3, 0.4) is 0 Å². The van der Waals surface area contributed by atoms with Crippen molar-refractivity contribution in [1.29, 1.82) is 0 Å². The van der Waals surface area contributed by atoms with Crippen molar-refractivity contribution in [2.24, 2.45) is 0 Å². The van der Waals surface area contributed by atoms with Gasteiger partial charge in [0.05, 0.1) is 5.56 Å². The number of nitrogens with zero attached hydrogens (tertiary/aromatic N) is 4. The van der Waals surface area contributed by atoms with Crippen LogP contribution in [0.1, 0.15) is 23.0 Å². The SMILES string of the molecule is CCNC(=O)c1cn2ncnc(N)c2c1-c1ccc(NC(=O)Nc2cccc(C(F)(F)F)n2)cc1. The lowest BCUT2D eigenvalue weighted by atomic mass is 10.0. The molecule has 3 amide bonds. The standard InChI is InChI=1S/C22H19F3N8O2/c1-2-27-20(34)14-10-33-18(19(26)28-11-29-33)17(14)12-6-8-13(9-7-12)30-21(35)32-16-5-3-4-15(31-16)22(23,24)25/h3-11H,2H2,1H3,(H,27,34)(H2,26,28,29)(H2,30,31,32,35). The number of hydrogen-bond acceptors (Lipinski definition) is 6. The number of carbonyl (C=O) groups is 2. The number of aromatic nitrogens is 4. The lowest BCUT2D eigenvalue weighted by molar-refractivity contribution is -0.141. The zero-order chi connectivity index (χ0) is 25.2. The molecule has 5 N–H and O–H groups in total. The minimum atomic E-state index is -4.63. The average molecular weight is 484 g/mol. The lowest BCUT2D eigenvalue weighted by Crippen LogP contribution is -2.22. The highest BCUT2D eigenvalue weighted by Gasteiger charge is 2.32. The van der Waals surface area contributed by atoms with Gasteiger partial charge in [-0.3, -0.25) is 10.1 Å². The van der Waals surface area contributed by atoms with Crippen molar-refractivity contribution in [1.82, 2.24) is 24.9 Å². The van der Waals surface area contributed by atoms with E-state index in [-0.39, 0.29) is 17.5 Å². The van der Waals surface area contributed by atoms with Gasteiger partial charge in [0.15, 0.2) is 5.82 Å². The Bertz CT molecular complexity index is 1400. The number of hydrogen-bond donors (Lipinski definition) is 4. The number of benzene rings is 1. The van der Waals surface area contributed by atoms with Crippen molar-refractivity contribution in [2.45, 2.75) is 13.1 Å². The summed E-state index contributed by atoms with van der Waals surface area (Å²) in [6.07, 6.45) is -1.80. The number of nitrogen functional groups attached to an aromatic ring is 1. The van der Waals surface area contributed by atoms with Crippen molar-refractivity contribution in [3.8, 4) is 11.1 Å². The van der Waals surface area contributed by atoms with E-state index in [1.165, 1.54) is 16.9 Å². The third-order valence-corrected chi connectivity index (χ3v) is 4.90. The fourth-order valence-electron chi connectivity index (χ4n) is 3.42. The molecule has 13 heteroatoms. The first-order chi connectivity index (χ1) is 16.7. The second-order valence-electron chi connectivity index (χ2n) is 7.28. The first-order valence-corrected chi connectivity index (χ1v) is 10.3. The number of fused-ring (bicyclic) bond motifs is 1. The largest absolute Gasteiger partial charge is 0.433 e. The van der Waals surface area contributed by atoms with E-state index >= 15 is 0 Å². The van der Waals surface area contributed by atoms with Gasteiger partial charge in [-0.25, -0.2) is 19.3 Å². The first-order valence-electron chi connectivity index (χ1n) is 10.3. The average Bonchev–Trinajstić information content (AvgIpc) is 3.20.